The van der Waals surface area contributed by atoms with Gasteiger partial charge in [0.2, 0.25) is 0 Å². The van der Waals surface area contributed by atoms with Crippen LogP contribution in [0.25, 0.3) is 0 Å². The van der Waals surface area contributed by atoms with Crippen LogP contribution in [0.2, 0.25) is 0 Å². The van der Waals surface area contributed by atoms with Crippen LogP contribution in [0.3, 0.4) is 0 Å². The first-order valence-electron chi connectivity index (χ1n) is 5.87. The summed E-state index contributed by atoms with van der Waals surface area (Å²) < 4.78 is 0. The maximum atomic E-state index is 10.8. The maximum absolute atomic E-state index is 10.8. The van der Waals surface area contributed by atoms with Gasteiger partial charge in [0.1, 0.15) is 5.25 Å². The third-order valence-corrected chi connectivity index (χ3v) is 3.81. The molecule has 0 heterocycles. The SMILES string of the molecule is CC(Sc1cccc(CNC2CC2)c1)C(=O)O. The molecule has 0 aromatic heterocycles. The molecule has 1 atom stereocenters. The molecule has 2 N–H and O–H groups in total. The van der Waals surface area contributed by atoms with Gasteiger partial charge in [-0.3, -0.25) is 4.79 Å². The van der Waals surface area contributed by atoms with E-state index in [2.05, 4.69) is 17.4 Å². The smallest absolute Gasteiger partial charge is 0.316 e. The van der Waals surface area contributed by atoms with Crippen molar-refractivity contribution in [2.24, 2.45) is 0 Å². The lowest BCUT2D eigenvalue weighted by Crippen LogP contribution is -2.15. The van der Waals surface area contributed by atoms with Crippen LogP contribution in [0.15, 0.2) is 29.2 Å². The van der Waals surface area contributed by atoms with E-state index in [0.29, 0.717) is 6.04 Å². The Kier molecular flexibility index (Phi) is 4.07. The van der Waals surface area contributed by atoms with E-state index < -0.39 is 11.2 Å². The Morgan fingerprint density at radius 1 is 1.59 bits per heavy atom. The second-order valence-electron chi connectivity index (χ2n) is 4.40. The lowest BCUT2D eigenvalue weighted by molar-refractivity contribution is -0.136. The normalized spacial score (nSPS) is 16.8. The number of carboxylic acid groups (broad SMARTS) is 1. The minimum absolute atomic E-state index is 0.401. The minimum atomic E-state index is -0.767. The highest BCUT2D eigenvalue weighted by molar-refractivity contribution is 8.00. The van der Waals surface area contributed by atoms with Crippen molar-refractivity contribution in [1.29, 1.82) is 0 Å². The van der Waals surface area contributed by atoms with Gasteiger partial charge in [0, 0.05) is 17.5 Å². The van der Waals surface area contributed by atoms with Crippen molar-refractivity contribution >= 4 is 17.7 Å². The molecule has 0 radical (unpaired) electrons. The highest BCUT2D eigenvalue weighted by Crippen LogP contribution is 2.25. The van der Waals surface area contributed by atoms with Gasteiger partial charge in [0.25, 0.3) is 0 Å². The molecule has 1 saturated carbocycles. The van der Waals surface area contributed by atoms with Gasteiger partial charge in [0.15, 0.2) is 0 Å². The molecule has 4 heteroatoms. The molecular weight excluding hydrogens is 234 g/mol. The van der Waals surface area contributed by atoms with Crippen LogP contribution in [-0.2, 0) is 11.3 Å². The largest absolute Gasteiger partial charge is 0.480 e. The molecule has 2 rings (SSSR count). The number of carbonyl (C=O) groups is 1. The van der Waals surface area contributed by atoms with E-state index >= 15 is 0 Å². The van der Waals surface area contributed by atoms with Crippen LogP contribution in [0.1, 0.15) is 25.3 Å². The van der Waals surface area contributed by atoms with E-state index in [0.717, 1.165) is 11.4 Å². The van der Waals surface area contributed by atoms with Gasteiger partial charge < -0.3 is 10.4 Å². The van der Waals surface area contributed by atoms with E-state index in [9.17, 15) is 4.79 Å². The molecule has 1 aliphatic rings. The van der Waals surface area contributed by atoms with Crippen LogP contribution in [0.4, 0.5) is 0 Å². The zero-order valence-electron chi connectivity index (χ0n) is 9.85. The first-order chi connectivity index (χ1) is 8.15. The summed E-state index contributed by atoms with van der Waals surface area (Å²) >= 11 is 1.39. The molecule has 1 unspecified atom stereocenters. The molecule has 0 bridgehead atoms. The van der Waals surface area contributed by atoms with Gasteiger partial charge in [0.05, 0.1) is 0 Å². The van der Waals surface area contributed by atoms with Gasteiger partial charge in [-0.05, 0) is 37.5 Å². The number of benzene rings is 1. The van der Waals surface area contributed by atoms with Crippen molar-refractivity contribution < 1.29 is 9.90 Å². The summed E-state index contributed by atoms with van der Waals surface area (Å²) in [6.45, 7) is 2.59. The second-order valence-corrected chi connectivity index (χ2v) is 5.82. The van der Waals surface area contributed by atoms with Crippen LogP contribution >= 0.6 is 11.8 Å². The summed E-state index contributed by atoms with van der Waals surface area (Å²) in [6.07, 6.45) is 2.56. The third kappa shape index (κ3) is 4.06. The van der Waals surface area contributed by atoms with Crippen molar-refractivity contribution in [1.82, 2.24) is 5.32 Å². The van der Waals surface area contributed by atoms with Gasteiger partial charge in [-0.25, -0.2) is 0 Å². The number of hydrogen-bond donors (Lipinski definition) is 2. The van der Waals surface area contributed by atoms with Gasteiger partial charge in [-0.1, -0.05) is 12.1 Å². The quantitative estimate of drug-likeness (QED) is 0.763. The summed E-state index contributed by atoms with van der Waals surface area (Å²) in [5, 5.41) is 11.9. The maximum Gasteiger partial charge on any atom is 0.316 e. The van der Waals surface area contributed by atoms with Crippen molar-refractivity contribution in [3.63, 3.8) is 0 Å². The Hall–Kier alpha value is -1.00. The summed E-state index contributed by atoms with van der Waals surface area (Å²) in [4.78, 5) is 11.8. The van der Waals surface area contributed by atoms with E-state index in [1.165, 1.54) is 30.2 Å². The molecule has 0 amide bonds. The van der Waals surface area contributed by atoms with Crippen LogP contribution in [-0.4, -0.2) is 22.4 Å². The Balaban J connectivity index is 1.92. The summed E-state index contributed by atoms with van der Waals surface area (Å²) in [6, 6.07) is 8.79. The minimum Gasteiger partial charge on any atom is -0.480 e. The van der Waals surface area contributed by atoms with Crippen LogP contribution in [0, 0.1) is 0 Å². The summed E-state index contributed by atoms with van der Waals surface area (Å²) in [5.74, 6) is -0.767. The standard InChI is InChI=1S/C13H17NO2S/c1-9(13(15)16)17-12-4-2-3-10(7-12)8-14-11-5-6-11/h2-4,7,9,11,14H,5-6,8H2,1H3,(H,15,16). The molecule has 0 saturated heterocycles. The number of thioether (sulfide) groups is 1. The topological polar surface area (TPSA) is 49.3 Å². The highest BCUT2D eigenvalue weighted by Gasteiger charge is 2.20. The fraction of sp³-hybridized carbons (Fsp3) is 0.462. The fourth-order valence-corrected chi connectivity index (χ4v) is 2.42. The van der Waals surface area contributed by atoms with E-state index in [1.54, 1.807) is 6.92 Å². The van der Waals surface area contributed by atoms with Crippen LogP contribution < -0.4 is 5.32 Å². The average Bonchev–Trinajstić information content (AvgIpc) is 3.10. The Bertz CT molecular complexity index is 404. The second kappa shape index (κ2) is 5.56. The first kappa shape index (κ1) is 12.5. The van der Waals surface area contributed by atoms with E-state index in [4.69, 9.17) is 5.11 Å². The number of nitrogens with one attached hydrogen (secondary N) is 1. The predicted molar refractivity (Wildman–Crippen MR) is 69.3 cm³/mol. The van der Waals surface area contributed by atoms with E-state index in [-0.39, 0.29) is 0 Å². The predicted octanol–water partition coefficient (Wildman–Crippen LogP) is 2.50. The number of hydrogen-bond acceptors (Lipinski definition) is 3. The molecule has 92 valence electrons. The average molecular weight is 251 g/mol. The Labute approximate surface area is 106 Å². The van der Waals surface area contributed by atoms with E-state index in [1.807, 2.05) is 12.1 Å². The lowest BCUT2D eigenvalue weighted by Gasteiger charge is -2.08. The molecule has 1 aromatic rings. The zero-order chi connectivity index (χ0) is 12.3. The molecule has 0 aliphatic heterocycles. The molecule has 0 spiro atoms. The number of aliphatic carboxylic acids is 1. The molecular formula is C13H17NO2S. The summed E-state index contributed by atoms with van der Waals surface area (Å²) in [7, 11) is 0. The summed E-state index contributed by atoms with van der Waals surface area (Å²) in [5.41, 5.74) is 1.22. The molecule has 3 nitrogen and oxygen atoms in total. The molecule has 1 aromatic carbocycles. The van der Waals surface area contributed by atoms with Crippen molar-refractivity contribution in [3.05, 3.63) is 29.8 Å². The molecule has 1 fully saturated rings. The third-order valence-electron chi connectivity index (χ3n) is 2.73. The van der Waals surface area contributed by atoms with Crippen molar-refractivity contribution in [2.45, 2.75) is 42.5 Å². The number of carboxylic acids is 1. The first-order valence-corrected chi connectivity index (χ1v) is 6.75. The van der Waals surface area contributed by atoms with Gasteiger partial charge in [-0.2, -0.15) is 0 Å². The van der Waals surface area contributed by atoms with Crippen molar-refractivity contribution in [2.75, 3.05) is 0 Å². The Morgan fingerprint density at radius 2 is 2.35 bits per heavy atom. The lowest BCUT2D eigenvalue weighted by atomic mass is 10.2. The number of rotatable bonds is 6. The zero-order valence-corrected chi connectivity index (χ0v) is 10.7. The Morgan fingerprint density at radius 3 is 3.00 bits per heavy atom. The van der Waals surface area contributed by atoms with Gasteiger partial charge >= 0.3 is 5.97 Å². The fourth-order valence-electron chi connectivity index (χ4n) is 1.53. The van der Waals surface area contributed by atoms with Gasteiger partial charge in [-0.15, -0.1) is 11.8 Å². The highest BCUT2D eigenvalue weighted by atomic mass is 32.2. The molecule has 17 heavy (non-hydrogen) atoms. The monoisotopic (exact) mass is 251 g/mol. The molecule has 1 aliphatic carbocycles. The van der Waals surface area contributed by atoms with Crippen molar-refractivity contribution in [3.8, 4) is 0 Å². The van der Waals surface area contributed by atoms with Crippen LogP contribution in [0.5, 0.6) is 0 Å².